The molecule has 1 aromatic rings. The summed E-state index contributed by atoms with van der Waals surface area (Å²) in [5, 5.41) is 3.71. The topological polar surface area (TPSA) is 28.2 Å². The van der Waals surface area contributed by atoms with Crippen LogP contribution in [0, 0.1) is 6.92 Å². The minimum Gasteiger partial charge on any atom is -0.379 e. The summed E-state index contributed by atoms with van der Waals surface area (Å²) in [6.45, 7) is 4.62. The Hall–Kier alpha value is -0.610. The summed E-state index contributed by atoms with van der Waals surface area (Å²) in [7, 11) is 0. The molecule has 1 aromatic heterocycles. The maximum absolute atomic E-state index is 4.46. The molecule has 0 amide bonds. The van der Waals surface area contributed by atoms with Gasteiger partial charge >= 0.3 is 0 Å². The lowest BCUT2D eigenvalue weighted by atomic mass is 9.99. The number of halogens is 1. The summed E-state index contributed by atoms with van der Waals surface area (Å²) < 4.78 is 0.913. The third-order valence-corrected chi connectivity index (χ3v) is 4.69. The van der Waals surface area contributed by atoms with Gasteiger partial charge in [-0.15, -0.1) is 0 Å². The van der Waals surface area contributed by atoms with Crippen LogP contribution in [0.5, 0.6) is 0 Å². The van der Waals surface area contributed by atoms with Crippen LogP contribution in [-0.4, -0.2) is 35.1 Å². The molecule has 0 aliphatic carbocycles. The van der Waals surface area contributed by atoms with E-state index in [2.05, 4.69) is 44.1 Å². The van der Waals surface area contributed by atoms with E-state index < -0.39 is 0 Å². The fourth-order valence-corrected chi connectivity index (χ4v) is 3.70. The Morgan fingerprint density at radius 1 is 1.28 bits per heavy atom. The Kier molecular flexibility index (Phi) is 3.57. The van der Waals surface area contributed by atoms with Gasteiger partial charge in [0.1, 0.15) is 4.60 Å². The third-order valence-electron chi connectivity index (χ3n) is 4.25. The van der Waals surface area contributed by atoms with Crippen molar-refractivity contribution in [2.75, 3.05) is 18.4 Å². The summed E-state index contributed by atoms with van der Waals surface area (Å²) in [6.07, 6.45) is 5.37. The normalized spacial score (nSPS) is 28.1. The molecular weight excluding hydrogens is 290 g/mol. The van der Waals surface area contributed by atoms with E-state index in [1.807, 2.05) is 6.07 Å². The van der Waals surface area contributed by atoms with Gasteiger partial charge in [0.15, 0.2) is 0 Å². The van der Waals surface area contributed by atoms with Gasteiger partial charge in [0, 0.05) is 18.6 Å². The average molecular weight is 310 g/mol. The molecule has 0 aromatic carbocycles. The largest absolute Gasteiger partial charge is 0.379 e. The third kappa shape index (κ3) is 2.41. The molecule has 0 saturated carbocycles. The van der Waals surface area contributed by atoms with Crippen LogP contribution in [0.2, 0.25) is 0 Å². The summed E-state index contributed by atoms with van der Waals surface area (Å²) in [5.41, 5.74) is 2.27. The summed E-state index contributed by atoms with van der Waals surface area (Å²) in [6, 6.07) is 5.50. The van der Waals surface area contributed by atoms with Gasteiger partial charge in [-0.25, -0.2) is 4.98 Å². The number of pyridine rings is 1. The predicted octanol–water partition coefficient (Wildman–Crippen LogP) is 3.19. The number of nitrogens with one attached hydrogen (secondary N) is 1. The highest BCUT2D eigenvalue weighted by Gasteiger charge is 2.35. The second kappa shape index (κ2) is 5.17. The zero-order valence-corrected chi connectivity index (χ0v) is 12.4. The minimum atomic E-state index is 0.604. The molecule has 3 rings (SSSR count). The molecule has 0 spiro atoms. The van der Waals surface area contributed by atoms with Crippen molar-refractivity contribution in [2.45, 2.75) is 44.7 Å². The molecule has 2 aliphatic heterocycles. The zero-order chi connectivity index (χ0) is 12.5. The van der Waals surface area contributed by atoms with Crippen LogP contribution in [0.4, 0.5) is 5.69 Å². The first-order valence-electron chi connectivity index (χ1n) is 6.88. The van der Waals surface area contributed by atoms with Crippen LogP contribution in [0.3, 0.4) is 0 Å². The molecule has 2 atom stereocenters. The number of anilines is 1. The summed E-state index contributed by atoms with van der Waals surface area (Å²) in [4.78, 5) is 7.12. The number of rotatable bonds is 2. The van der Waals surface area contributed by atoms with E-state index in [9.17, 15) is 0 Å². The van der Waals surface area contributed by atoms with Gasteiger partial charge in [0.2, 0.25) is 0 Å². The van der Waals surface area contributed by atoms with Crippen molar-refractivity contribution < 1.29 is 0 Å². The van der Waals surface area contributed by atoms with Gasteiger partial charge in [0.05, 0.1) is 11.4 Å². The average Bonchev–Trinajstić information content (AvgIpc) is 2.76. The Balaban J connectivity index is 1.72. The smallest absolute Gasteiger partial charge is 0.106 e. The molecule has 3 nitrogen and oxygen atoms in total. The van der Waals surface area contributed by atoms with Crippen LogP contribution in [-0.2, 0) is 0 Å². The number of nitrogens with zero attached hydrogens (tertiary/aromatic N) is 2. The van der Waals surface area contributed by atoms with Crippen LogP contribution in [0.1, 0.15) is 31.4 Å². The first kappa shape index (κ1) is 12.4. The molecule has 1 N–H and O–H groups in total. The van der Waals surface area contributed by atoms with E-state index in [0.717, 1.165) is 16.3 Å². The number of piperidine rings is 1. The van der Waals surface area contributed by atoms with E-state index in [0.29, 0.717) is 6.04 Å². The number of aryl methyl sites for hydroxylation is 1. The Morgan fingerprint density at radius 3 is 3.00 bits per heavy atom. The van der Waals surface area contributed by atoms with Gasteiger partial charge in [-0.3, -0.25) is 4.90 Å². The molecule has 2 unspecified atom stereocenters. The zero-order valence-electron chi connectivity index (χ0n) is 10.8. The lowest BCUT2D eigenvalue weighted by Gasteiger charge is -2.33. The maximum Gasteiger partial charge on any atom is 0.106 e. The van der Waals surface area contributed by atoms with E-state index in [-0.39, 0.29) is 0 Å². The molecule has 3 heterocycles. The molecule has 0 bridgehead atoms. The summed E-state index contributed by atoms with van der Waals surface area (Å²) >= 11 is 3.42. The van der Waals surface area contributed by atoms with Crippen molar-refractivity contribution in [3.05, 3.63) is 22.4 Å². The number of hydrogen-bond acceptors (Lipinski definition) is 3. The van der Waals surface area contributed by atoms with Crippen molar-refractivity contribution in [2.24, 2.45) is 0 Å². The van der Waals surface area contributed by atoms with Crippen molar-refractivity contribution in [3.8, 4) is 0 Å². The lowest BCUT2D eigenvalue weighted by molar-refractivity contribution is 0.192. The Bertz CT molecular complexity index is 435. The molecular formula is C14H20BrN3. The molecule has 2 aliphatic rings. The first-order valence-corrected chi connectivity index (χ1v) is 7.67. The van der Waals surface area contributed by atoms with Crippen molar-refractivity contribution in [3.63, 3.8) is 0 Å². The lowest BCUT2D eigenvalue weighted by Crippen LogP contribution is -2.41. The first-order chi connectivity index (χ1) is 8.74. The summed E-state index contributed by atoms with van der Waals surface area (Å²) in [5.74, 6) is 0. The molecule has 2 saturated heterocycles. The second-order valence-electron chi connectivity index (χ2n) is 5.41. The molecule has 18 heavy (non-hydrogen) atoms. The van der Waals surface area contributed by atoms with E-state index >= 15 is 0 Å². The molecule has 2 fully saturated rings. The van der Waals surface area contributed by atoms with Crippen LogP contribution in [0.15, 0.2) is 16.7 Å². The van der Waals surface area contributed by atoms with E-state index in [1.54, 1.807) is 0 Å². The minimum absolute atomic E-state index is 0.604. The predicted molar refractivity (Wildman–Crippen MR) is 77.9 cm³/mol. The Labute approximate surface area is 117 Å². The van der Waals surface area contributed by atoms with Crippen LogP contribution >= 0.6 is 15.9 Å². The quantitative estimate of drug-likeness (QED) is 0.850. The molecule has 98 valence electrons. The number of aromatic nitrogens is 1. The number of fused-ring (bicyclic) bond motifs is 1. The number of hydrogen-bond donors (Lipinski definition) is 1. The van der Waals surface area contributed by atoms with Gasteiger partial charge in [0.25, 0.3) is 0 Å². The monoisotopic (exact) mass is 309 g/mol. The SMILES string of the molecule is Cc1nc(Br)ccc1NC1CCN2CCCCC12. The van der Waals surface area contributed by atoms with Crippen molar-refractivity contribution >= 4 is 21.6 Å². The maximum atomic E-state index is 4.46. The van der Waals surface area contributed by atoms with Crippen LogP contribution in [0.25, 0.3) is 0 Å². The molecule has 4 heteroatoms. The van der Waals surface area contributed by atoms with Crippen molar-refractivity contribution in [1.82, 2.24) is 9.88 Å². The fraction of sp³-hybridized carbons (Fsp3) is 0.643. The van der Waals surface area contributed by atoms with Crippen LogP contribution < -0.4 is 5.32 Å². The highest BCUT2D eigenvalue weighted by atomic mass is 79.9. The Morgan fingerprint density at radius 2 is 2.17 bits per heavy atom. The van der Waals surface area contributed by atoms with E-state index in [1.165, 1.54) is 44.5 Å². The highest BCUT2D eigenvalue weighted by molar-refractivity contribution is 9.10. The van der Waals surface area contributed by atoms with Gasteiger partial charge in [-0.1, -0.05) is 6.42 Å². The van der Waals surface area contributed by atoms with Gasteiger partial charge in [-0.2, -0.15) is 0 Å². The van der Waals surface area contributed by atoms with E-state index in [4.69, 9.17) is 0 Å². The second-order valence-corrected chi connectivity index (χ2v) is 6.22. The highest BCUT2D eigenvalue weighted by Crippen LogP contribution is 2.30. The van der Waals surface area contributed by atoms with Gasteiger partial charge in [-0.05, 0) is 60.8 Å². The fourth-order valence-electron chi connectivity index (χ4n) is 3.30. The standard InChI is InChI=1S/C14H20BrN3/c1-10-11(5-6-14(15)16-10)17-12-7-9-18-8-3-2-4-13(12)18/h5-6,12-13,17H,2-4,7-9H2,1H3. The van der Waals surface area contributed by atoms with Crippen molar-refractivity contribution in [1.29, 1.82) is 0 Å². The van der Waals surface area contributed by atoms with Gasteiger partial charge < -0.3 is 5.32 Å². The molecule has 0 radical (unpaired) electrons.